The van der Waals surface area contributed by atoms with E-state index in [4.69, 9.17) is 4.74 Å². The number of fused-ring (bicyclic) bond motifs is 3. The number of nitrogens with zero attached hydrogens (tertiary/aromatic N) is 3. The number of methoxy groups -OCH3 is 1. The maximum absolute atomic E-state index is 13.1. The van der Waals surface area contributed by atoms with Crippen molar-refractivity contribution in [3.8, 4) is 5.75 Å². The van der Waals surface area contributed by atoms with Crippen molar-refractivity contribution in [3.05, 3.63) is 58.8 Å². The van der Waals surface area contributed by atoms with Crippen LogP contribution in [0, 0.1) is 6.92 Å². The first-order valence-electron chi connectivity index (χ1n) is 9.23. The van der Waals surface area contributed by atoms with Crippen molar-refractivity contribution in [1.29, 1.82) is 0 Å². The van der Waals surface area contributed by atoms with Crippen LogP contribution in [0.3, 0.4) is 0 Å². The van der Waals surface area contributed by atoms with Gasteiger partial charge in [-0.3, -0.25) is 14.2 Å². The number of aryl methyl sites for hydroxylation is 1. The van der Waals surface area contributed by atoms with Crippen LogP contribution in [0.5, 0.6) is 5.75 Å². The van der Waals surface area contributed by atoms with Crippen molar-refractivity contribution in [3.63, 3.8) is 0 Å². The van der Waals surface area contributed by atoms with Gasteiger partial charge in [0.2, 0.25) is 5.91 Å². The molecule has 1 amide bonds. The third-order valence-corrected chi connectivity index (χ3v) is 5.91. The summed E-state index contributed by atoms with van der Waals surface area (Å²) in [5, 5.41) is 3.74. The highest BCUT2D eigenvalue weighted by Crippen LogP contribution is 2.29. The van der Waals surface area contributed by atoms with Gasteiger partial charge in [0, 0.05) is 11.6 Å². The van der Waals surface area contributed by atoms with Crippen LogP contribution in [0.15, 0.2) is 47.7 Å². The highest BCUT2D eigenvalue weighted by atomic mass is 32.1. The predicted molar refractivity (Wildman–Crippen MR) is 115 cm³/mol. The molecule has 4 rings (SSSR count). The fourth-order valence-corrected chi connectivity index (χ4v) is 4.38. The molecule has 0 saturated heterocycles. The molecule has 148 valence electrons. The molecule has 0 spiro atoms. The molecular weight excluding hydrogens is 388 g/mol. The number of hydrogen-bond acceptors (Lipinski definition) is 6. The molecule has 1 N–H and O–H groups in total. The number of benzene rings is 1. The van der Waals surface area contributed by atoms with E-state index < -0.39 is 6.04 Å². The molecule has 0 aliphatic heterocycles. The normalized spacial score (nSPS) is 12.2. The number of amides is 1. The van der Waals surface area contributed by atoms with Crippen molar-refractivity contribution in [2.75, 3.05) is 12.4 Å². The summed E-state index contributed by atoms with van der Waals surface area (Å²) >= 11 is 1.30. The Balaban J connectivity index is 1.74. The summed E-state index contributed by atoms with van der Waals surface area (Å²) in [6.45, 7) is 3.80. The van der Waals surface area contributed by atoms with E-state index in [1.807, 2.05) is 38.1 Å². The summed E-state index contributed by atoms with van der Waals surface area (Å²) in [5.41, 5.74) is 1.95. The van der Waals surface area contributed by atoms with Gasteiger partial charge in [0.15, 0.2) is 0 Å². The molecule has 8 heteroatoms. The van der Waals surface area contributed by atoms with E-state index in [0.29, 0.717) is 28.1 Å². The van der Waals surface area contributed by atoms with Gasteiger partial charge in [-0.15, -0.1) is 11.3 Å². The van der Waals surface area contributed by atoms with Crippen LogP contribution < -0.4 is 15.6 Å². The maximum Gasteiger partial charge on any atom is 0.272 e. The number of carbonyl (C=O) groups is 1. The van der Waals surface area contributed by atoms with Crippen LogP contribution in [0.25, 0.3) is 20.4 Å². The Hall–Kier alpha value is -3.26. The number of hydrogen-bond donors (Lipinski definition) is 1. The van der Waals surface area contributed by atoms with E-state index in [2.05, 4.69) is 15.3 Å². The van der Waals surface area contributed by atoms with Crippen molar-refractivity contribution in [1.82, 2.24) is 14.5 Å². The minimum atomic E-state index is -0.692. The van der Waals surface area contributed by atoms with Gasteiger partial charge in [-0.2, -0.15) is 0 Å². The van der Waals surface area contributed by atoms with E-state index in [9.17, 15) is 9.59 Å². The van der Waals surface area contributed by atoms with Crippen molar-refractivity contribution in [2.45, 2.75) is 26.3 Å². The van der Waals surface area contributed by atoms with E-state index in [-0.39, 0.29) is 11.5 Å². The van der Waals surface area contributed by atoms with Crippen molar-refractivity contribution in [2.24, 2.45) is 0 Å². The zero-order valence-electron chi connectivity index (χ0n) is 16.3. The lowest BCUT2D eigenvalue weighted by Crippen LogP contribution is -2.33. The molecule has 7 nitrogen and oxygen atoms in total. The minimum absolute atomic E-state index is 0.240. The minimum Gasteiger partial charge on any atom is -0.495 e. The van der Waals surface area contributed by atoms with Gasteiger partial charge >= 0.3 is 0 Å². The zero-order valence-corrected chi connectivity index (χ0v) is 17.1. The molecular formula is C21H20N4O3S. The number of ether oxygens (including phenoxy) is 1. The smallest absolute Gasteiger partial charge is 0.272 e. The molecule has 3 aromatic heterocycles. The number of rotatable bonds is 5. The molecule has 0 unspecified atom stereocenters. The second-order valence-electron chi connectivity index (χ2n) is 6.71. The molecule has 0 radical (unpaired) electrons. The maximum atomic E-state index is 13.1. The highest BCUT2D eigenvalue weighted by molar-refractivity contribution is 7.25. The van der Waals surface area contributed by atoms with Gasteiger partial charge < -0.3 is 10.1 Å². The van der Waals surface area contributed by atoms with Gasteiger partial charge in [0.1, 0.15) is 21.3 Å². The van der Waals surface area contributed by atoms with Gasteiger partial charge in [-0.1, -0.05) is 13.0 Å². The highest BCUT2D eigenvalue weighted by Gasteiger charge is 2.23. The topological polar surface area (TPSA) is 86.1 Å². The Morgan fingerprint density at radius 2 is 2.14 bits per heavy atom. The molecule has 0 bridgehead atoms. The van der Waals surface area contributed by atoms with E-state index in [0.717, 1.165) is 15.8 Å². The fraction of sp³-hybridized carbons (Fsp3) is 0.238. The molecule has 0 aliphatic rings. The fourth-order valence-electron chi connectivity index (χ4n) is 3.35. The van der Waals surface area contributed by atoms with Crippen molar-refractivity contribution >= 4 is 43.4 Å². The Bertz CT molecular complexity index is 1280. The molecule has 4 aromatic rings. The summed E-state index contributed by atoms with van der Waals surface area (Å²) in [5.74, 6) is 0.272. The summed E-state index contributed by atoms with van der Waals surface area (Å²) in [4.78, 5) is 35.7. The number of anilines is 1. The second-order valence-corrected chi connectivity index (χ2v) is 7.71. The molecule has 1 atom stereocenters. The average Bonchev–Trinajstić information content (AvgIpc) is 3.10. The van der Waals surface area contributed by atoms with Gasteiger partial charge in [0.05, 0.1) is 24.6 Å². The zero-order chi connectivity index (χ0) is 20.5. The van der Waals surface area contributed by atoms with Gasteiger partial charge in [0.25, 0.3) is 5.56 Å². The van der Waals surface area contributed by atoms with Crippen LogP contribution in [-0.4, -0.2) is 27.6 Å². The molecule has 1 aromatic carbocycles. The molecule has 3 heterocycles. The molecule has 0 fully saturated rings. The average molecular weight is 408 g/mol. The Morgan fingerprint density at radius 3 is 2.90 bits per heavy atom. The Morgan fingerprint density at radius 1 is 1.31 bits per heavy atom. The quantitative estimate of drug-likeness (QED) is 0.541. The summed E-state index contributed by atoms with van der Waals surface area (Å²) < 4.78 is 7.23. The van der Waals surface area contributed by atoms with Gasteiger partial charge in [-0.25, -0.2) is 9.97 Å². The third-order valence-electron chi connectivity index (χ3n) is 4.82. The lowest BCUT2D eigenvalue weighted by molar-refractivity contribution is -0.119. The van der Waals surface area contributed by atoms with Gasteiger partial charge in [-0.05, 0) is 43.2 Å². The summed E-state index contributed by atoms with van der Waals surface area (Å²) in [6, 6.07) is 8.57. The summed E-state index contributed by atoms with van der Waals surface area (Å²) in [7, 11) is 1.55. The Kier molecular flexibility index (Phi) is 5.02. The van der Waals surface area contributed by atoms with Crippen LogP contribution >= 0.6 is 11.3 Å². The first-order chi connectivity index (χ1) is 14.0. The second kappa shape index (κ2) is 7.63. The van der Waals surface area contributed by atoms with Crippen LogP contribution in [-0.2, 0) is 4.79 Å². The number of carbonyl (C=O) groups excluding carboxylic acids is 1. The van der Waals surface area contributed by atoms with E-state index in [1.165, 1.54) is 22.2 Å². The number of pyridine rings is 1. The molecule has 29 heavy (non-hydrogen) atoms. The Labute approximate surface area is 171 Å². The summed E-state index contributed by atoms with van der Waals surface area (Å²) in [6.07, 6.45) is 3.58. The molecule has 0 saturated carbocycles. The first kappa shape index (κ1) is 19.1. The first-order valence-corrected chi connectivity index (χ1v) is 10.0. The van der Waals surface area contributed by atoms with E-state index in [1.54, 1.807) is 19.4 Å². The monoisotopic (exact) mass is 408 g/mol. The SMILES string of the molecule is CC[C@H](C(=O)Nc1cc(C)ccc1OC)n1cnc2c(sc3ncccc32)c1=O. The molecule has 0 aliphatic carbocycles. The lowest BCUT2D eigenvalue weighted by atomic mass is 10.1. The lowest BCUT2D eigenvalue weighted by Gasteiger charge is -2.18. The number of aromatic nitrogens is 3. The van der Waals surface area contributed by atoms with Crippen LogP contribution in [0.1, 0.15) is 24.9 Å². The van der Waals surface area contributed by atoms with Crippen LogP contribution in [0.2, 0.25) is 0 Å². The number of thiophene rings is 1. The number of nitrogens with one attached hydrogen (secondary N) is 1. The standard InChI is InChI=1S/C21H20N4O3S/c1-4-15(19(26)24-14-10-12(2)7-8-16(14)28-3)25-11-23-17-13-6-5-9-22-20(13)29-18(17)21(25)27/h5-11,15H,4H2,1-3H3,(H,24,26)/t15-/m1/s1. The predicted octanol–water partition coefficient (Wildman–Crippen LogP) is 3.91. The third kappa shape index (κ3) is 3.36. The largest absolute Gasteiger partial charge is 0.495 e. The van der Waals surface area contributed by atoms with Crippen LogP contribution in [0.4, 0.5) is 5.69 Å². The van der Waals surface area contributed by atoms with Crippen molar-refractivity contribution < 1.29 is 9.53 Å². The van der Waals surface area contributed by atoms with E-state index >= 15 is 0 Å².